The maximum Gasteiger partial charge on any atom is 0.117 e. The smallest absolute Gasteiger partial charge is 0.117 e. The van der Waals surface area contributed by atoms with Gasteiger partial charge in [-0.25, -0.2) is 0 Å². The minimum atomic E-state index is 0.343. The number of aromatic hydroxyl groups is 1. The van der Waals surface area contributed by atoms with E-state index in [1.807, 2.05) is 12.1 Å². The van der Waals surface area contributed by atoms with Gasteiger partial charge in [0.15, 0.2) is 0 Å². The van der Waals surface area contributed by atoms with E-state index >= 15 is 0 Å². The summed E-state index contributed by atoms with van der Waals surface area (Å²) in [6.07, 6.45) is 8.42. The second-order valence-electron chi connectivity index (χ2n) is 8.36. The maximum absolute atomic E-state index is 9.73. The van der Waals surface area contributed by atoms with Gasteiger partial charge in [0.1, 0.15) is 5.75 Å². The molecule has 1 aliphatic carbocycles. The van der Waals surface area contributed by atoms with Crippen LogP contribution in [0, 0.1) is 5.92 Å². The molecule has 0 spiro atoms. The zero-order valence-electron chi connectivity index (χ0n) is 16.3. The van der Waals surface area contributed by atoms with E-state index in [2.05, 4.69) is 52.4 Å². The minimum absolute atomic E-state index is 0.343. The largest absolute Gasteiger partial charge is 0.508 e. The highest BCUT2D eigenvalue weighted by Crippen LogP contribution is 2.34. The molecule has 144 valence electrons. The lowest BCUT2D eigenvalue weighted by molar-refractivity contribution is 0.265. The molecule has 1 aliphatic heterocycles. The lowest BCUT2D eigenvalue weighted by Crippen LogP contribution is -2.31. The molecule has 2 N–H and O–H groups in total. The molecule has 0 saturated carbocycles. The molecule has 0 amide bonds. The van der Waals surface area contributed by atoms with Crippen molar-refractivity contribution in [1.29, 1.82) is 0 Å². The van der Waals surface area contributed by atoms with Crippen molar-refractivity contribution in [2.24, 2.45) is 5.92 Å². The van der Waals surface area contributed by atoms with Gasteiger partial charge in [0.25, 0.3) is 0 Å². The van der Waals surface area contributed by atoms with E-state index < -0.39 is 0 Å². The Labute approximate surface area is 166 Å². The Morgan fingerprint density at radius 3 is 2.79 bits per heavy atom. The number of fused-ring (bicyclic) bond motifs is 3. The first-order valence-electron chi connectivity index (χ1n) is 10.6. The summed E-state index contributed by atoms with van der Waals surface area (Å²) in [6.45, 7) is 3.45. The fourth-order valence-electron chi connectivity index (χ4n) is 4.93. The number of H-pyrrole nitrogens is 1. The standard InChI is InChI=1S/C25H28N2O/c28-21-7-8-22-23-16-18(6-9-24(23)26-25(22)17-21)10-13-27-14-11-20(12-15-27)19-4-2-1-3-5-19/h1-5,7-8,11,17-18,26,28H,6,9-10,12-16H2. The van der Waals surface area contributed by atoms with Crippen LogP contribution in [0.4, 0.5) is 0 Å². The monoisotopic (exact) mass is 372 g/mol. The summed E-state index contributed by atoms with van der Waals surface area (Å²) in [5.74, 6) is 1.11. The molecule has 1 unspecified atom stereocenters. The number of rotatable bonds is 4. The molecule has 0 radical (unpaired) electrons. The third-order valence-electron chi connectivity index (χ3n) is 6.56. The minimum Gasteiger partial charge on any atom is -0.508 e. The molecule has 3 heteroatoms. The van der Waals surface area contributed by atoms with Crippen molar-refractivity contribution in [3.05, 3.63) is 71.4 Å². The molecule has 2 aromatic carbocycles. The van der Waals surface area contributed by atoms with Gasteiger partial charge in [-0.3, -0.25) is 4.90 Å². The maximum atomic E-state index is 9.73. The first kappa shape index (κ1) is 17.6. The average Bonchev–Trinajstić information content (AvgIpc) is 3.10. The second-order valence-corrected chi connectivity index (χ2v) is 8.36. The Hall–Kier alpha value is -2.52. The van der Waals surface area contributed by atoms with Crippen molar-refractivity contribution in [2.75, 3.05) is 19.6 Å². The summed E-state index contributed by atoms with van der Waals surface area (Å²) in [6, 6.07) is 16.5. The van der Waals surface area contributed by atoms with Crippen LogP contribution < -0.4 is 0 Å². The first-order chi connectivity index (χ1) is 13.8. The number of aromatic amines is 1. The van der Waals surface area contributed by atoms with Crippen molar-refractivity contribution in [3.8, 4) is 5.75 Å². The molecule has 3 aromatic rings. The number of phenols is 1. The third kappa shape index (κ3) is 3.47. The van der Waals surface area contributed by atoms with Crippen LogP contribution in [0.25, 0.3) is 16.5 Å². The lowest BCUT2D eigenvalue weighted by Gasteiger charge is -2.29. The lowest BCUT2D eigenvalue weighted by atomic mass is 9.84. The molecule has 2 aliphatic rings. The van der Waals surface area contributed by atoms with Gasteiger partial charge in [0, 0.05) is 35.8 Å². The summed E-state index contributed by atoms with van der Waals surface area (Å²) in [4.78, 5) is 6.13. The zero-order valence-corrected chi connectivity index (χ0v) is 16.3. The highest BCUT2D eigenvalue weighted by molar-refractivity contribution is 5.86. The molecule has 28 heavy (non-hydrogen) atoms. The van der Waals surface area contributed by atoms with Crippen molar-refractivity contribution < 1.29 is 5.11 Å². The number of aryl methyl sites for hydroxylation is 1. The van der Waals surface area contributed by atoms with Gasteiger partial charge in [0.05, 0.1) is 0 Å². The summed E-state index contributed by atoms with van der Waals surface area (Å²) in [5, 5.41) is 11.0. The number of hydrogen-bond donors (Lipinski definition) is 2. The molecule has 1 aromatic heterocycles. The number of phenolic OH excluding ortho intramolecular Hbond substituents is 1. The van der Waals surface area contributed by atoms with E-state index in [-0.39, 0.29) is 0 Å². The molecular formula is C25H28N2O. The summed E-state index contributed by atoms with van der Waals surface area (Å²) >= 11 is 0. The van der Waals surface area contributed by atoms with Gasteiger partial charge < -0.3 is 10.1 Å². The summed E-state index contributed by atoms with van der Waals surface area (Å²) < 4.78 is 0. The van der Waals surface area contributed by atoms with Gasteiger partial charge in [-0.05, 0) is 73.4 Å². The Morgan fingerprint density at radius 2 is 1.96 bits per heavy atom. The first-order valence-corrected chi connectivity index (χ1v) is 10.6. The van der Waals surface area contributed by atoms with Gasteiger partial charge in [0.2, 0.25) is 0 Å². The molecule has 5 rings (SSSR count). The number of nitrogens with zero attached hydrogens (tertiary/aromatic N) is 1. The Morgan fingerprint density at radius 1 is 1.07 bits per heavy atom. The van der Waals surface area contributed by atoms with Crippen LogP contribution in [0.15, 0.2) is 54.6 Å². The van der Waals surface area contributed by atoms with Crippen LogP contribution in [0.1, 0.15) is 36.1 Å². The Bertz CT molecular complexity index is 1000. The fraction of sp³-hybridized carbons (Fsp3) is 0.360. The topological polar surface area (TPSA) is 39.3 Å². The normalized spacial score (nSPS) is 20.1. The quantitative estimate of drug-likeness (QED) is 0.664. The van der Waals surface area contributed by atoms with E-state index in [9.17, 15) is 5.11 Å². The predicted molar refractivity (Wildman–Crippen MR) is 116 cm³/mol. The van der Waals surface area contributed by atoms with Gasteiger partial charge in [-0.2, -0.15) is 0 Å². The predicted octanol–water partition coefficient (Wildman–Crippen LogP) is 5.16. The highest BCUT2D eigenvalue weighted by Gasteiger charge is 2.23. The third-order valence-corrected chi connectivity index (χ3v) is 6.56. The molecule has 1 atom stereocenters. The van der Waals surface area contributed by atoms with Gasteiger partial charge in [-0.15, -0.1) is 0 Å². The van der Waals surface area contributed by atoms with Crippen LogP contribution in [0.3, 0.4) is 0 Å². The number of aromatic nitrogens is 1. The van der Waals surface area contributed by atoms with E-state index in [0.717, 1.165) is 30.8 Å². The Balaban J connectivity index is 1.20. The number of nitrogens with one attached hydrogen (secondary N) is 1. The van der Waals surface area contributed by atoms with E-state index in [0.29, 0.717) is 5.75 Å². The van der Waals surface area contributed by atoms with Crippen molar-refractivity contribution >= 4 is 16.5 Å². The average molecular weight is 373 g/mol. The van der Waals surface area contributed by atoms with Crippen LogP contribution >= 0.6 is 0 Å². The molecular weight excluding hydrogens is 344 g/mol. The van der Waals surface area contributed by atoms with E-state index in [4.69, 9.17) is 0 Å². The van der Waals surface area contributed by atoms with Crippen molar-refractivity contribution in [3.63, 3.8) is 0 Å². The van der Waals surface area contributed by atoms with Gasteiger partial charge in [-0.1, -0.05) is 36.4 Å². The van der Waals surface area contributed by atoms with E-state index in [1.54, 1.807) is 0 Å². The molecule has 3 nitrogen and oxygen atoms in total. The molecule has 0 saturated heterocycles. The van der Waals surface area contributed by atoms with Crippen LogP contribution in [-0.2, 0) is 12.8 Å². The molecule has 0 bridgehead atoms. The van der Waals surface area contributed by atoms with Crippen LogP contribution in [0.2, 0.25) is 0 Å². The fourth-order valence-corrected chi connectivity index (χ4v) is 4.93. The molecule has 2 heterocycles. The summed E-state index contributed by atoms with van der Waals surface area (Å²) in [7, 11) is 0. The highest BCUT2D eigenvalue weighted by atomic mass is 16.3. The second kappa shape index (κ2) is 7.48. The summed E-state index contributed by atoms with van der Waals surface area (Å²) in [5.41, 5.74) is 6.83. The number of benzene rings is 2. The Kier molecular flexibility index (Phi) is 4.69. The SMILES string of the molecule is Oc1ccc2c3c([nH]c2c1)CCC(CCN1CC=C(c2ccccc2)CC1)C3. The van der Waals surface area contributed by atoms with Gasteiger partial charge >= 0.3 is 0 Å². The van der Waals surface area contributed by atoms with Crippen molar-refractivity contribution in [1.82, 2.24) is 9.88 Å². The van der Waals surface area contributed by atoms with Crippen LogP contribution in [0.5, 0.6) is 5.75 Å². The zero-order chi connectivity index (χ0) is 18.9. The number of hydrogen-bond acceptors (Lipinski definition) is 2. The molecule has 0 fully saturated rings. The van der Waals surface area contributed by atoms with Crippen LogP contribution in [-0.4, -0.2) is 34.6 Å². The van der Waals surface area contributed by atoms with E-state index in [1.165, 1.54) is 60.1 Å². The van der Waals surface area contributed by atoms with Crippen molar-refractivity contribution in [2.45, 2.75) is 32.1 Å².